The van der Waals surface area contributed by atoms with Crippen molar-refractivity contribution >= 4 is 29.0 Å². The molecule has 0 heterocycles. The number of carbonyl (C=O) groups excluding carboxylic acids is 2. The lowest BCUT2D eigenvalue weighted by atomic mass is 9.45. The van der Waals surface area contributed by atoms with E-state index < -0.39 is 34.1 Å². The standard InChI is InChI=1S/C26H35FO5S/c1-6-21(30)32-26(22(33)31-7-2)15(3)12-19-18-9-8-16-13-17(28)10-11-23(16,4)25(18,27)20(29)14-24(19,26)5/h10-11,13,15,18-20,29H,6-9,12,14H2,1-5H3/t15-,18-,19-,20-,23-,24-,25-,26-/m0/s1. The third kappa shape index (κ3) is 3.00. The molecule has 4 rings (SSSR count). The van der Waals surface area contributed by atoms with Crippen LogP contribution in [-0.2, 0) is 19.1 Å². The van der Waals surface area contributed by atoms with Crippen LogP contribution < -0.4 is 0 Å². The van der Waals surface area contributed by atoms with E-state index in [1.165, 1.54) is 12.2 Å². The number of aliphatic hydroxyl groups excluding tert-OH is 1. The van der Waals surface area contributed by atoms with E-state index in [9.17, 15) is 14.7 Å². The predicted octanol–water partition coefficient (Wildman–Crippen LogP) is 4.66. The molecule has 7 heteroatoms. The van der Waals surface area contributed by atoms with Gasteiger partial charge in [-0.25, -0.2) is 4.39 Å². The molecule has 0 saturated heterocycles. The molecule has 0 unspecified atom stereocenters. The lowest BCUT2D eigenvalue weighted by Gasteiger charge is -2.62. The normalized spacial score (nSPS) is 46.0. The van der Waals surface area contributed by atoms with Crippen LogP contribution in [0.1, 0.15) is 66.7 Å². The monoisotopic (exact) mass is 478 g/mol. The van der Waals surface area contributed by atoms with Gasteiger partial charge in [-0.2, -0.15) is 0 Å². The van der Waals surface area contributed by atoms with Gasteiger partial charge < -0.3 is 14.6 Å². The lowest BCUT2D eigenvalue weighted by Crippen LogP contribution is -2.69. The first kappa shape index (κ1) is 24.5. The molecule has 8 atom stereocenters. The molecule has 0 aromatic rings. The molecule has 3 fully saturated rings. The van der Waals surface area contributed by atoms with Gasteiger partial charge in [-0.1, -0.05) is 32.4 Å². The van der Waals surface area contributed by atoms with Gasteiger partial charge >= 0.3 is 5.97 Å². The van der Waals surface area contributed by atoms with E-state index >= 15 is 4.39 Å². The zero-order valence-corrected chi connectivity index (χ0v) is 21.0. The van der Waals surface area contributed by atoms with E-state index in [0.29, 0.717) is 25.9 Å². The van der Waals surface area contributed by atoms with Gasteiger partial charge in [0.15, 0.2) is 17.1 Å². The summed E-state index contributed by atoms with van der Waals surface area (Å²) in [7, 11) is 0. The molecule has 0 aromatic heterocycles. The molecule has 1 N–H and O–H groups in total. The number of thiocarbonyl (C=S) groups is 1. The van der Waals surface area contributed by atoms with Gasteiger partial charge in [-0.3, -0.25) is 9.59 Å². The van der Waals surface area contributed by atoms with E-state index in [1.807, 2.05) is 20.8 Å². The number of alkyl halides is 1. The van der Waals surface area contributed by atoms with Crippen molar-refractivity contribution in [1.82, 2.24) is 0 Å². The maximum absolute atomic E-state index is 17.3. The Kier molecular flexibility index (Phi) is 5.93. The van der Waals surface area contributed by atoms with Gasteiger partial charge in [0.2, 0.25) is 5.05 Å². The predicted molar refractivity (Wildman–Crippen MR) is 126 cm³/mol. The summed E-state index contributed by atoms with van der Waals surface area (Å²) in [6, 6.07) is 0. The number of carbonyl (C=O) groups is 2. The summed E-state index contributed by atoms with van der Waals surface area (Å²) >= 11 is 5.72. The highest BCUT2D eigenvalue weighted by Crippen LogP contribution is 2.71. The van der Waals surface area contributed by atoms with Crippen LogP contribution in [0.25, 0.3) is 0 Å². The maximum Gasteiger partial charge on any atom is 0.306 e. The van der Waals surface area contributed by atoms with Crippen molar-refractivity contribution in [2.45, 2.75) is 84.1 Å². The van der Waals surface area contributed by atoms with Crippen LogP contribution in [0.2, 0.25) is 0 Å². The third-order valence-electron chi connectivity index (χ3n) is 9.32. The van der Waals surface area contributed by atoms with Gasteiger partial charge in [-0.15, -0.1) is 0 Å². The topological polar surface area (TPSA) is 72.8 Å². The number of ketones is 1. The molecule has 0 aliphatic heterocycles. The second-order valence-corrected chi connectivity index (χ2v) is 11.1. The molecular formula is C26H35FO5S. The van der Waals surface area contributed by atoms with Crippen LogP contribution in [0.5, 0.6) is 0 Å². The first-order valence-corrected chi connectivity index (χ1v) is 12.5. The van der Waals surface area contributed by atoms with Gasteiger partial charge in [0.25, 0.3) is 0 Å². The Morgan fingerprint density at radius 3 is 2.64 bits per heavy atom. The first-order valence-electron chi connectivity index (χ1n) is 12.1. The van der Waals surface area contributed by atoms with Crippen LogP contribution in [-0.4, -0.2) is 45.9 Å². The Labute approximate surface area is 200 Å². The molecule has 4 aliphatic rings. The summed E-state index contributed by atoms with van der Waals surface area (Å²) in [5, 5.41) is 11.7. The average Bonchev–Trinajstić information content (AvgIpc) is 2.97. The van der Waals surface area contributed by atoms with Gasteiger partial charge in [0.1, 0.15) is 0 Å². The van der Waals surface area contributed by atoms with Crippen molar-refractivity contribution in [3.05, 3.63) is 23.8 Å². The fourth-order valence-corrected chi connectivity index (χ4v) is 8.31. The van der Waals surface area contributed by atoms with E-state index in [4.69, 9.17) is 21.7 Å². The smallest absolute Gasteiger partial charge is 0.306 e. The number of hydrogen-bond acceptors (Lipinski definition) is 6. The number of esters is 1. The van der Waals surface area contributed by atoms with Crippen molar-refractivity contribution in [1.29, 1.82) is 0 Å². The molecule has 182 valence electrons. The fourth-order valence-electron chi connectivity index (χ4n) is 7.71. The Bertz CT molecular complexity index is 945. The van der Waals surface area contributed by atoms with E-state index in [1.54, 1.807) is 19.9 Å². The summed E-state index contributed by atoms with van der Waals surface area (Å²) in [5.41, 5.74) is -4.24. The Hall–Kier alpha value is -1.60. The Morgan fingerprint density at radius 2 is 2.00 bits per heavy atom. The summed E-state index contributed by atoms with van der Waals surface area (Å²) in [6.07, 6.45) is 5.28. The molecular weight excluding hydrogens is 443 g/mol. The van der Waals surface area contributed by atoms with Crippen LogP contribution >= 0.6 is 12.2 Å². The third-order valence-corrected chi connectivity index (χ3v) is 9.74. The average molecular weight is 479 g/mol. The number of aliphatic hydroxyl groups is 1. The number of allylic oxidation sites excluding steroid dienone is 4. The van der Waals surface area contributed by atoms with Crippen molar-refractivity contribution in [3.63, 3.8) is 0 Å². The molecule has 0 bridgehead atoms. The van der Waals surface area contributed by atoms with Gasteiger partial charge in [-0.05, 0) is 69.8 Å². The molecule has 0 spiro atoms. The number of fused-ring (bicyclic) bond motifs is 5. The van der Waals surface area contributed by atoms with Crippen molar-refractivity contribution in [2.75, 3.05) is 6.61 Å². The van der Waals surface area contributed by atoms with Crippen LogP contribution in [0, 0.1) is 28.6 Å². The molecule has 0 aromatic carbocycles. The number of ether oxygens (including phenoxy) is 2. The Balaban J connectivity index is 1.84. The van der Waals surface area contributed by atoms with Crippen LogP contribution in [0.4, 0.5) is 4.39 Å². The largest absolute Gasteiger partial charge is 0.484 e. The molecule has 4 aliphatic carbocycles. The summed E-state index contributed by atoms with van der Waals surface area (Å²) in [5.74, 6) is -1.35. The highest BCUT2D eigenvalue weighted by molar-refractivity contribution is 7.80. The lowest BCUT2D eigenvalue weighted by molar-refractivity contribution is -0.218. The van der Waals surface area contributed by atoms with E-state index in [2.05, 4.69) is 0 Å². The summed E-state index contributed by atoms with van der Waals surface area (Å²) < 4.78 is 29.2. The SMILES string of the molecule is CCOC(=S)[C@@]1(OC(=O)CC)[C@@H](C)C[C@H]2[C@@H]3CCC4=CC(=O)C=C[C@]4(C)[C@@]3(F)[C@@H](O)C[C@@]21C. The second-order valence-electron chi connectivity index (χ2n) is 10.7. The number of hydrogen-bond donors (Lipinski definition) is 1. The van der Waals surface area contributed by atoms with Gasteiger partial charge in [0.05, 0.1) is 12.7 Å². The zero-order valence-electron chi connectivity index (χ0n) is 20.2. The fraction of sp³-hybridized carbons (Fsp3) is 0.731. The van der Waals surface area contributed by atoms with Gasteiger partial charge in [0, 0.05) is 29.1 Å². The van der Waals surface area contributed by atoms with Crippen molar-refractivity contribution in [2.24, 2.45) is 28.6 Å². The van der Waals surface area contributed by atoms with E-state index in [0.717, 1.165) is 5.57 Å². The Morgan fingerprint density at radius 1 is 1.30 bits per heavy atom. The van der Waals surface area contributed by atoms with Crippen LogP contribution in [0.15, 0.2) is 23.8 Å². The second kappa shape index (κ2) is 7.98. The zero-order chi connectivity index (χ0) is 24.4. The van der Waals surface area contributed by atoms with E-state index in [-0.39, 0.29) is 41.5 Å². The molecule has 5 nitrogen and oxygen atoms in total. The highest BCUT2D eigenvalue weighted by Gasteiger charge is 2.77. The number of rotatable bonds is 4. The maximum atomic E-state index is 17.3. The molecule has 3 saturated carbocycles. The minimum Gasteiger partial charge on any atom is -0.484 e. The van der Waals surface area contributed by atoms with Crippen molar-refractivity contribution in [3.8, 4) is 0 Å². The summed E-state index contributed by atoms with van der Waals surface area (Å²) in [4.78, 5) is 24.6. The number of halogens is 1. The quantitative estimate of drug-likeness (QED) is 0.468. The van der Waals surface area contributed by atoms with Crippen LogP contribution in [0.3, 0.4) is 0 Å². The minimum absolute atomic E-state index is 0.0872. The molecule has 33 heavy (non-hydrogen) atoms. The highest BCUT2D eigenvalue weighted by atomic mass is 32.1. The summed E-state index contributed by atoms with van der Waals surface area (Å²) in [6.45, 7) is 9.66. The minimum atomic E-state index is -1.93. The molecule has 0 amide bonds. The first-order chi connectivity index (χ1) is 15.4. The van der Waals surface area contributed by atoms with Crippen molar-refractivity contribution < 1.29 is 28.6 Å². The molecule has 0 radical (unpaired) electrons.